The summed E-state index contributed by atoms with van der Waals surface area (Å²) in [6, 6.07) is 9.43. The zero-order valence-corrected chi connectivity index (χ0v) is 18.4. The molecule has 1 saturated carbocycles. The van der Waals surface area contributed by atoms with Gasteiger partial charge in [0.1, 0.15) is 0 Å². The molecule has 142 valence electrons. The molecular formula is C20H35IN4. The molecule has 0 saturated heterocycles. The molecule has 0 aliphatic heterocycles. The van der Waals surface area contributed by atoms with Crippen molar-refractivity contribution >= 4 is 29.9 Å². The molecule has 0 amide bonds. The van der Waals surface area contributed by atoms with Crippen molar-refractivity contribution in [3.05, 3.63) is 35.4 Å². The van der Waals surface area contributed by atoms with Crippen LogP contribution in [0.3, 0.4) is 0 Å². The van der Waals surface area contributed by atoms with Crippen LogP contribution in [0.1, 0.15) is 57.6 Å². The summed E-state index contributed by atoms with van der Waals surface area (Å²) in [5.74, 6) is 0.957. The maximum atomic E-state index is 4.79. The summed E-state index contributed by atoms with van der Waals surface area (Å²) in [4.78, 5) is 7.23. The van der Waals surface area contributed by atoms with Gasteiger partial charge in [0.2, 0.25) is 0 Å². The van der Waals surface area contributed by atoms with Gasteiger partial charge in [-0.2, -0.15) is 0 Å². The van der Waals surface area contributed by atoms with Crippen molar-refractivity contribution < 1.29 is 0 Å². The molecule has 1 aromatic carbocycles. The summed E-state index contributed by atoms with van der Waals surface area (Å²) in [6.45, 7) is 11.4. The Morgan fingerprint density at radius 1 is 1.12 bits per heavy atom. The number of hydrogen-bond donors (Lipinski definition) is 2. The van der Waals surface area contributed by atoms with Crippen molar-refractivity contribution in [3.8, 4) is 0 Å². The fourth-order valence-electron chi connectivity index (χ4n) is 3.29. The van der Waals surface area contributed by atoms with Crippen molar-refractivity contribution in [3.63, 3.8) is 0 Å². The minimum atomic E-state index is 0. The summed E-state index contributed by atoms with van der Waals surface area (Å²) < 4.78 is 0. The number of nitrogens with zero attached hydrogens (tertiary/aromatic N) is 2. The third kappa shape index (κ3) is 7.94. The second-order valence-corrected chi connectivity index (χ2v) is 6.60. The molecule has 25 heavy (non-hydrogen) atoms. The summed E-state index contributed by atoms with van der Waals surface area (Å²) in [6.07, 6.45) is 5.21. The van der Waals surface area contributed by atoms with Crippen molar-refractivity contribution in [1.82, 2.24) is 15.5 Å². The van der Waals surface area contributed by atoms with Gasteiger partial charge < -0.3 is 10.6 Å². The maximum absolute atomic E-state index is 4.79. The normalized spacial score (nSPS) is 15.3. The number of rotatable bonds is 8. The van der Waals surface area contributed by atoms with Gasteiger partial charge in [-0.1, -0.05) is 51.0 Å². The average molecular weight is 458 g/mol. The standard InChI is InChI=1S/C20H34N4.HI/c1-4-21-20(23-19-12-7-8-13-19)22-15-17-10-9-11-18(14-17)16-24(5-2)6-3;/h9-11,14,19H,4-8,12-13,15-16H2,1-3H3,(H2,21,22,23);1H. The van der Waals surface area contributed by atoms with Crippen LogP contribution in [0.5, 0.6) is 0 Å². The minimum absolute atomic E-state index is 0. The van der Waals surface area contributed by atoms with Gasteiger partial charge in [0, 0.05) is 19.1 Å². The van der Waals surface area contributed by atoms with E-state index in [2.05, 4.69) is 60.6 Å². The third-order valence-electron chi connectivity index (χ3n) is 4.75. The lowest BCUT2D eigenvalue weighted by Crippen LogP contribution is -2.42. The van der Waals surface area contributed by atoms with Crippen LogP contribution >= 0.6 is 24.0 Å². The molecule has 1 aliphatic carbocycles. The van der Waals surface area contributed by atoms with Gasteiger partial charge in [-0.15, -0.1) is 24.0 Å². The SMILES string of the molecule is CCNC(=NCc1cccc(CN(CC)CC)c1)NC1CCCC1.I. The van der Waals surface area contributed by atoms with Crippen molar-refractivity contribution in [2.24, 2.45) is 4.99 Å². The molecule has 2 N–H and O–H groups in total. The van der Waals surface area contributed by atoms with Crippen LogP contribution in [0.4, 0.5) is 0 Å². The highest BCUT2D eigenvalue weighted by Gasteiger charge is 2.15. The Morgan fingerprint density at radius 3 is 2.44 bits per heavy atom. The van der Waals surface area contributed by atoms with Crippen molar-refractivity contribution in [2.75, 3.05) is 19.6 Å². The largest absolute Gasteiger partial charge is 0.357 e. The fourth-order valence-corrected chi connectivity index (χ4v) is 3.29. The predicted octanol–water partition coefficient (Wildman–Crippen LogP) is 4.14. The zero-order valence-electron chi connectivity index (χ0n) is 16.1. The van der Waals surface area contributed by atoms with Crippen molar-refractivity contribution in [2.45, 2.75) is 65.6 Å². The molecule has 0 radical (unpaired) electrons. The molecule has 1 aromatic rings. The Morgan fingerprint density at radius 2 is 1.80 bits per heavy atom. The van der Waals surface area contributed by atoms with E-state index in [9.17, 15) is 0 Å². The van der Waals surface area contributed by atoms with Crippen LogP contribution in [-0.4, -0.2) is 36.5 Å². The highest BCUT2D eigenvalue weighted by Crippen LogP contribution is 2.17. The topological polar surface area (TPSA) is 39.7 Å². The molecular weight excluding hydrogens is 423 g/mol. The van der Waals surface area contributed by atoms with Crippen LogP contribution < -0.4 is 10.6 Å². The Balaban J connectivity index is 0.00000312. The summed E-state index contributed by atoms with van der Waals surface area (Å²) in [7, 11) is 0. The van der Waals surface area contributed by atoms with E-state index in [0.29, 0.717) is 6.04 Å². The summed E-state index contributed by atoms with van der Waals surface area (Å²) in [5, 5.41) is 6.96. The third-order valence-corrected chi connectivity index (χ3v) is 4.75. The summed E-state index contributed by atoms with van der Waals surface area (Å²) >= 11 is 0. The highest BCUT2D eigenvalue weighted by atomic mass is 127. The first-order valence-corrected chi connectivity index (χ1v) is 9.60. The van der Waals surface area contributed by atoms with Gasteiger partial charge in [-0.05, 0) is 44.0 Å². The monoisotopic (exact) mass is 458 g/mol. The summed E-state index contributed by atoms with van der Waals surface area (Å²) in [5.41, 5.74) is 2.66. The van der Waals surface area contributed by atoms with E-state index in [-0.39, 0.29) is 24.0 Å². The smallest absolute Gasteiger partial charge is 0.191 e. The van der Waals surface area contributed by atoms with Crippen molar-refractivity contribution in [1.29, 1.82) is 0 Å². The van der Waals surface area contributed by atoms with Gasteiger partial charge in [0.25, 0.3) is 0 Å². The lowest BCUT2D eigenvalue weighted by molar-refractivity contribution is 0.296. The molecule has 0 bridgehead atoms. The van der Waals surface area contributed by atoms with Gasteiger partial charge in [0.15, 0.2) is 5.96 Å². The molecule has 0 atom stereocenters. The number of halogens is 1. The lowest BCUT2D eigenvalue weighted by atomic mass is 10.1. The van der Waals surface area contributed by atoms with Gasteiger partial charge >= 0.3 is 0 Å². The molecule has 1 aliphatic rings. The Kier molecular flexibility index (Phi) is 11.1. The van der Waals surface area contributed by atoms with E-state index >= 15 is 0 Å². The van der Waals surface area contributed by atoms with Crippen LogP contribution in [0.2, 0.25) is 0 Å². The van der Waals surface area contributed by atoms with Crippen LogP contribution in [0.15, 0.2) is 29.3 Å². The van der Waals surface area contributed by atoms with E-state index < -0.39 is 0 Å². The molecule has 0 heterocycles. The number of nitrogens with one attached hydrogen (secondary N) is 2. The van der Waals surface area contributed by atoms with E-state index in [1.807, 2.05) is 0 Å². The first-order chi connectivity index (χ1) is 11.7. The van der Waals surface area contributed by atoms with Gasteiger partial charge in [0.05, 0.1) is 6.54 Å². The first kappa shape index (κ1) is 22.2. The minimum Gasteiger partial charge on any atom is -0.357 e. The zero-order chi connectivity index (χ0) is 17.2. The molecule has 4 nitrogen and oxygen atoms in total. The molecule has 1 fully saturated rings. The van der Waals surface area contributed by atoms with Crippen LogP contribution in [0, 0.1) is 0 Å². The quantitative estimate of drug-likeness (QED) is 0.350. The fraction of sp³-hybridized carbons (Fsp3) is 0.650. The molecule has 2 rings (SSSR count). The molecule has 5 heteroatoms. The Hall–Kier alpha value is -0.820. The van der Waals surface area contributed by atoms with Crippen LogP contribution in [-0.2, 0) is 13.1 Å². The first-order valence-electron chi connectivity index (χ1n) is 9.60. The van der Waals surface area contributed by atoms with E-state index in [1.165, 1.54) is 36.8 Å². The second-order valence-electron chi connectivity index (χ2n) is 6.60. The maximum Gasteiger partial charge on any atom is 0.191 e. The average Bonchev–Trinajstić information content (AvgIpc) is 3.11. The van der Waals surface area contributed by atoms with E-state index in [0.717, 1.165) is 38.7 Å². The Labute approximate surface area is 170 Å². The van der Waals surface area contributed by atoms with Gasteiger partial charge in [-0.3, -0.25) is 4.90 Å². The number of benzene rings is 1. The lowest BCUT2D eigenvalue weighted by Gasteiger charge is -2.18. The van der Waals surface area contributed by atoms with Gasteiger partial charge in [-0.25, -0.2) is 4.99 Å². The highest BCUT2D eigenvalue weighted by molar-refractivity contribution is 14.0. The van der Waals surface area contributed by atoms with E-state index in [4.69, 9.17) is 4.99 Å². The number of guanidine groups is 1. The van der Waals surface area contributed by atoms with Crippen LogP contribution in [0.25, 0.3) is 0 Å². The second kappa shape index (κ2) is 12.5. The predicted molar refractivity (Wildman–Crippen MR) is 119 cm³/mol. The van der Waals surface area contributed by atoms with E-state index in [1.54, 1.807) is 0 Å². The number of aliphatic imine (C=N–C) groups is 1. The Bertz CT molecular complexity index is 508. The number of hydrogen-bond acceptors (Lipinski definition) is 2. The molecule has 0 unspecified atom stereocenters. The molecule has 0 spiro atoms. The molecule has 0 aromatic heterocycles.